The van der Waals surface area contributed by atoms with Gasteiger partial charge < -0.3 is 25.6 Å². The van der Waals surface area contributed by atoms with Crippen LogP contribution in [0.15, 0.2) is 42.5 Å². The lowest BCUT2D eigenvalue weighted by molar-refractivity contribution is -0.192. The van der Waals surface area contributed by atoms with Gasteiger partial charge in [0, 0.05) is 24.3 Å². The Kier molecular flexibility index (Phi) is 9.18. The van der Waals surface area contributed by atoms with Crippen molar-refractivity contribution in [2.24, 2.45) is 11.7 Å². The predicted molar refractivity (Wildman–Crippen MR) is 134 cm³/mol. The van der Waals surface area contributed by atoms with Crippen LogP contribution >= 0.6 is 11.6 Å². The van der Waals surface area contributed by atoms with E-state index in [4.69, 9.17) is 32.2 Å². The molecule has 14 heteroatoms. The maximum atomic E-state index is 14.1. The highest BCUT2D eigenvalue weighted by molar-refractivity contribution is 6.30. The van der Waals surface area contributed by atoms with Crippen molar-refractivity contribution in [2.75, 3.05) is 18.4 Å². The molecule has 0 bridgehead atoms. The van der Waals surface area contributed by atoms with Crippen LogP contribution in [0.3, 0.4) is 0 Å². The minimum Gasteiger partial charge on any atom is -0.475 e. The quantitative estimate of drug-likeness (QED) is 0.354. The van der Waals surface area contributed by atoms with E-state index in [2.05, 4.69) is 5.32 Å². The number of carbonyl (C=O) groups is 2. The number of imidazole rings is 1. The van der Waals surface area contributed by atoms with E-state index in [0.29, 0.717) is 41.7 Å². The molecule has 1 aliphatic rings. The number of hydrogen-bond acceptors (Lipinski definition) is 5. The molecule has 0 aliphatic carbocycles. The summed E-state index contributed by atoms with van der Waals surface area (Å²) >= 11 is 5.83. The molecule has 8 nitrogen and oxygen atoms in total. The first-order valence-corrected chi connectivity index (χ1v) is 12.0. The summed E-state index contributed by atoms with van der Waals surface area (Å²) in [4.78, 5) is 28.0. The predicted octanol–water partition coefficient (Wildman–Crippen LogP) is 5.36. The summed E-state index contributed by atoms with van der Waals surface area (Å²) in [5.41, 5.74) is 7.43. The van der Waals surface area contributed by atoms with E-state index in [0.717, 1.165) is 0 Å². The van der Waals surface area contributed by atoms with Gasteiger partial charge in [0.05, 0.1) is 17.6 Å². The second-order valence-corrected chi connectivity index (χ2v) is 9.27. The highest BCUT2D eigenvalue weighted by Crippen LogP contribution is 2.39. The second kappa shape index (κ2) is 12.0. The van der Waals surface area contributed by atoms with Crippen LogP contribution in [0.4, 0.5) is 33.5 Å². The standard InChI is InChI=1S/C23H24ClF2N5O.C2HF3O2/c1-13(2)21-23-29-20(14-3-5-15(25)6-4-14)22(28-16-7-8-17(24)18(26)11-16)31(23)10-9-30(21)19(32)12-27;3-2(4,5)1(6)7/h3-8,11,13,21,28H,9-10,12,27H2,1-2H3;(H,6,7)/t21-;/m1./s1. The van der Waals surface area contributed by atoms with Crippen molar-refractivity contribution in [1.29, 1.82) is 0 Å². The minimum absolute atomic E-state index is 0.0282. The molecule has 0 fully saturated rings. The normalized spacial score (nSPS) is 14.9. The molecule has 1 amide bonds. The summed E-state index contributed by atoms with van der Waals surface area (Å²) in [6.45, 7) is 4.91. The van der Waals surface area contributed by atoms with E-state index in [1.807, 2.05) is 18.4 Å². The Balaban J connectivity index is 0.000000532. The zero-order valence-electron chi connectivity index (χ0n) is 20.8. The van der Waals surface area contributed by atoms with Gasteiger partial charge in [-0.3, -0.25) is 4.79 Å². The largest absolute Gasteiger partial charge is 0.490 e. The Bertz CT molecular complexity index is 1350. The van der Waals surface area contributed by atoms with E-state index in [9.17, 15) is 26.7 Å². The fourth-order valence-corrected chi connectivity index (χ4v) is 4.23. The van der Waals surface area contributed by atoms with Crippen LogP contribution in [0.1, 0.15) is 25.7 Å². The molecule has 1 atom stereocenters. The summed E-state index contributed by atoms with van der Waals surface area (Å²) in [5.74, 6) is -2.38. The van der Waals surface area contributed by atoms with Crippen molar-refractivity contribution in [3.8, 4) is 11.3 Å². The van der Waals surface area contributed by atoms with E-state index in [-0.39, 0.29) is 35.3 Å². The maximum Gasteiger partial charge on any atom is 0.490 e. The molecule has 4 N–H and O–H groups in total. The molecule has 0 saturated carbocycles. The highest BCUT2D eigenvalue weighted by atomic mass is 35.5. The third-order valence-corrected chi connectivity index (χ3v) is 6.14. The van der Waals surface area contributed by atoms with Gasteiger partial charge >= 0.3 is 12.1 Å². The molecule has 1 aromatic heterocycles. The molecule has 1 aliphatic heterocycles. The third kappa shape index (κ3) is 6.84. The number of nitrogens with zero attached hydrogens (tertiary/aromatic N) is 3. The van der Waals surface area contributed by atoms with Crippen LogP contribution in [0.2, 0.25) is 5.02 Å². The molecule has 2 aromatic carbocycles. The van der Waals surface area contributed by atoms with E-state index in [1.54, 1.807) is 23.1 Å². The number of fused-ring (bicyclic) bond motifs is 1. The maximum absolute atomic E-state index is 14.1. The average Bonchev–Trinajstić information content (AvgIpc) is 3.23. The number of nitrogens with one attached hydrogen (secondary N) is 1. The number of rotatable bonds is 5. The summed E-state index contributed by atoms with van der Waals surface area (Å²) < 4.78 is 61.4. The van der Waals surface area contributed by atoms with Gasteiger partial charge in [-0.25, -0.2) is 18.6 Å². The van der Waals surface area contributed by atoms with E-state index in [1.165, 1.54) is 24.3 Å². The SMILES string of the molecule is CC(C)[C@@H]1c2nc(-c3ccc(F)cc3)c(Nc3ccc(Cl)c(F)c3)n2CCN1C(=O)CN.O=C(O)C(F)(F)F. The van der Waals surface area contributed by atoms with E-state index >= 15 is 0 Å². The number of carbonyl (C=O) groups excluding carboxylic acids is 1. The monoisotopic (exact) mass is 573 g/mol. The number of carboxylic acids is 1. The first-order valence-electron chi connectivity index (χ1n) is 11.6. The molecule has 0 unspecified atom stereocenters. The van der Waals surface area contributed by atoms with Gasteiger partial charge in [0.15, 0.2) is 0 Å². The molecule has 0 radical (unpaired) electrons. The van der Waals surface area contributed by atoms with Crippen molar-refractivity contribution in [3.63, 3.8) is 0 Å². The van der Waals surface area contributed by atoms with E-state index < -0.39 is 18.0 Å². The molecule has 210 valence electrons. The lowest BCUT2D eigenvalue weighted by Gasteiger charge is -2.38. The number of benzene rings is 2. The molecule has 0 saturated heterocycles. The number of carboxylic acid groups (broad SMARTS) is 1. The summed E-state index contributed by atoms with van der Waals surface area (Å²) in [6, 6.07) is 10.2. The minimum atomic E-state index is -5.08. The van der Waals surface area contributed by atoms with Gasteiger partial charge in [-0.1, -0.05) is 25.4 Å². The Morgan fingerprint density at radius 3 is 2.28 bits per heavy atom. The van der Waals surface area contributed by atoms with Gasteiger partial charge in [-0.15, -0.1) is 0 Å². The lowest BCUT2D eigenvalue weighted by Crippen LogP contribution is -2.46. The molecule has 39 heavy (non-hydrogen) atoms. The number of aromatic nitrogens is 2. The fraction of sp³-hybridized carbons (Fsp3) is 0.320. The molecule has 2 heterocycles. The second-order valence-electron chi connectivity index (χ2n) is 8.86. The third-order valence-electron chi connectivity index (χ3n) is 5.83. The smallest absolute Gasteiger partial charge is 0.475 e. The van der Waals surface area contributed by atoms with Crippen molar-refractivity contribution < 1.29 is 36.6 Å². The average molecular weight is 574 g/mol. The molecule has 0 spiro atoms. The summed E-state index contributed by atoms with van der Waals surface area (Å²) in [6.07, 6.45) is -5.08. The first-order chi connectivity index (χ1) is 18.2. The number of nitrogens with two attached hydrogens (primary N) is 1. The Morgan fingerprint density at radius 1 is 1.15 bits per heavy atom. The lowest BCUT2D eigenvalue weighted by atomic mass is 9.99. The molecular formula is C25H25ClF5N5O3. The fourth-order valence-electron chi connectivity index (χ4n) is 4.11. The molecule has 3 aromatic rings. The van der Waals surface area contributed by atoms with Crippen LogP contribution in [-0.2, 0) is 16.1 Å². The number of alkyl halides is 3. The van der Waals surface area contributed by atoms with Gasteiger partial charge in [0.25, 0.3) is 0 Å². The van der Waals surface area contributed by atoms with Crippen molar-refractivity contribution >= 4 is 35.0 Å². The van der Waals surface area contributed by atoms with Gasteiger partial charge in [-0.2, -0.15) is 13.2 Å². The number of halogens is 6. The summed E-state index contributed by atoms with van der Waals surface area (Å²) in [7, 11) is 0. The van der Waals surface area contributed by atoms with Crippen LogP contribution in [0, 0.1) is 17.6 Å². The van der Waals surface area contributed by atoms with Crippen LogP contribution in [-0.4, -0.2) is 50.7 Å². The van der Waals surface area contributed by atoms with Crippen molar-refractivity contribution in [2.45, 2.75) is 32.6 Å². The number of hydrogen-bond donors (Lipinski definition) is 3. The molecular weight excluding hydrogens is 549 g/mol. The Labute approximate surface area is 225 Å². The Hall–Kier alpha value is -3.71. The molecule has 4 rings (SSSR count). The highest BCUT2D eigenvalue weighted by Gasteiger charge is 2.38. The number of aliphatic carboxylic acids is 1. The van der Waals surface area contributed by atoms with Crippen molar-refractivity contribution in [3.05, 3.63) is 64.9 Å². The van der Waals surface area contributed by atoms with Gasteiger partial charge in [0.2, 0.25) is 5.91 Å². The van der Waals surface area contributed by atoms with Crippen LogP contribution < -0.4 is 11.1 Å². The van der Waals surface area contributed by atoms with Crippen LogP contribution in [0.5, 0.6) is 0 Å². The van der Waals surface area contributed by atoms with Gasteiger partial charge in [-0.05, 0) is 48.4 Å². The number of anilines is 2. The summed E-state index contributed by atoms with van der Waals surface area (Å²) in [5, 5.41) is 10.4. The van der Waals surface area contributed by atoms with Gasteiger partial charge in [0.1, 0.15) is 29.0 Å². The number of amides is 1. The van der Waals surface area contributed by atoms with Crippen LogP contribution in [0.25, 0.3) is 11.3 Å². The zero-order chi connectivity index (χ0) is 29.1. The Morgan fingerprint density at radius 2 is 1.77 bits per heavy atom. The van der Waals surface area contributed by atoms with Crippen molar-refractivity contribution in [1.82, 2.24) is 14.5 Å². The first kappa shape index (κ1) is 29.8. The zero-order valence-corrected chi connectivity index (χ0v) is 21.5. The topological polar surface area (TPSA) is 113 Å².